The van der Waals surface area contributed by atoms with Crippen LogP contribution in [0.2, 0.25) is 0 Å². The molecular weight excluding hydrogens is 206 g/mol. The lowest BCUT2D eigenvalue weighted by Gasteiger charge is -2.06. The summed E-state index contributed by atoms with van der Waals surface area (Å²) >= 11 is 0. The number of benzene rings is 1. The zero-order chi connectivity index (χ0) is 11.4. The van der Waals surface area contributed by atoms with Gasteiger partial charge in [-0.15, -0.1) is 0 Å². The molecule has 16 heavy (non-hydrogen) atoms. The summed E-state index contributed by atoms with van der Waals surface area (Å²) in [5.41, 5.74) is 1.08. The van der Waals surface area contributed by atoms with Crippen LogP contribution in [0.4, 0.5) is 16.2 Å². The van der Waals surface area contributed by atoms with E-state index in [1.54, 1.807) is 24.3 Å². The van der Waals surface area contributed by atoms with E-state index in [0.717, 1.165) is 12.8 Å². The van der Waals surface area contributed by atoms with E-state index < -0.39 is 0 Å². The Balaban J connectivity index is 1.99. The largest absolute Gasteiger partial charge is 0.335 e. The van der Waals surface area contributed by atoms with Gasteiger partial charge in [0.05, 0.1) is 5.69 Å². The van der Waals surface area contributed by atoms with Crippen molar-refractivity contribution in [1.29, 1.82) is 0 Å². The molecule has 0 aliphatic heterocycles. The first-order valence-electron chi connectivity index (χ1n) is 5.03. The standard InChI is InChI=1S/C11H11N3O2/c15-7-12-9-2-1-3-10(6-9)14-11(16)13-8-4-5-8/h1-3,6,8H,4-5H2,(H2,13,14,16). The first-order valence-corrected chi connectivity index (χ1v) is 5.03. The number of amides is 2. The molecule has 2 rings (SSSR count). The normalized spacial score (nSPS) is 13.8. The number of isocyanates is 1. The summed E-state index contributed by atoms with van der Waals surface area (Å²) < 4.78 is 0. The lowest BCUT2D eigenvalue weighted by Crippen LogP contribution is -2.30. The summed E-state index contributed by atoms with van der Waals surface area (Å²) in [6.07, 6.45) is 3.54. The lowest BCUT2D eigenvalue weighted by molar-refractivity contribution is 0.251. The fourth-order valence-corrected chi connectivity index (χ4v) is 1.29. The van der Waals surface area contributed by atoms with Crippen molar-refractivity contribution in [1.82, 2.24) is 5.32 Å². The van der Waals surface area contributed by atoms with Gasteiger partial charge >= 0.3 is 6.03 Å². The lowest BCUT2D eigenvalue weighted by atomic mass is 10.3. The molecule has 0 bridgehead atoms. The van der Waals surface area contributed by atoms with Gasteiger partial charge in [-0.05, 0) is 31.0 Å². The Morgan fingerprint density at radius 1 is 1.44 bits per heavy atom. The number of anilines is 1. The number of nitrogens with zero attached hydrogens (tertiary/aromatic N) is 1. The van der Waals surface area contributed by atoms with Gasteiger partial charge in [-0.2, -0.15) is 4.99 Å². The maximum atomic E-state index is 11.4. The van der Waals surface area contributed by atoms with E-state index in [1.807, 2.05) is 0 Å². The molecule has 0 unspecified atom stereocenters. The molecule has 0 aromatic heterocycles. The molecule has 0 radical (unpaired) electrons. The summed E-state index contributed by atoms with van der Waals surface area (Å²) in [5, 5.41) is 5.47. The highest BCUT2D eigenvalue weighted by Gasteiger charge is 2.23. The first kappa shape index (κ1) is 10.4. The highest BCUT2D eigenvalue weighted by molar-refractivity contribution is 5.90. The Kier molecular flexibility index (Phi) is 2.98. The summed E-state index contributed by atoms with van der Waals surface area (Å²) in [7, 11) is 0. The minimum Gasteiger partial charge on any atom is -0.335 e. The van der Waals surface area contributed by atoms with Crippen LogP contribution < -0.4 is 10.6 Å². The number of hydrogen-bond acceptors (Lipinski definition) is 3. The van der Waals surface area contributed by atoms with Gasteiger partial charge in [0.1, 0.15) is 0 Å². The quantitative estimate of drug-likeness (QED) is 0.600. The van der Waals surface area contributed by atoms with Crippen LogP contribution in [0.1, 0.15) is 12.8 Å². The molecule has 82 valence electrons. The van der Waals surface area contributed by atoms with Gasteiger partial charge in [0.2, 0.25) is 6.08 Å². The van der Waals surface area contributed by atoms with Crippen molar-refractivity contribution >= 4 is 23.5 Å². The molecule has 0 saturated heterocycles. The Morgan fingerprint density at radius 3 is 2.94 bits per heavy atom. The third kappa shape index (κ3) is 2.93. The summed E-state index contributed by atoms with van der Waals surface area (Å²) in [6.45, 7) is 0. The fourth-order valence-electron chi connectivity index (χ4n) is 1.29. The molecule has 1 aromatic carbocycles. The zero-order valence-corrected chi connectivity index (χ0v) is 8.56. The molecule has 1 aromatic rings. The van der Waals surface area contributed by atoms with Gasteiger partial charge in [-0.25, -0.2) is 9.59 Å². The van der Waals surface area contributed by atoms with Crippen LogP contribution in [0.5, 0.6) is 0 Å². The maximum absolute atomic E-state index is 11.4. The zero-order valence-electron chi connectivity index (χ0n) is 8.56. The van der Waals surface area contributed by atoms with Crippen molar-refractivity contribution in [3.63, 3.8) is 0 Å². The molecule has 1 aliphatic rings. The number of aliphatic imine (C=N–C) groups is 1. The average Bonchev–Trinajstić information content (AvgIpc) is 3.02. The van der Waals surface area contributed by atoms with Crippen molar-refractivity contribution < 1.29 is 9.59 Å². The maximum Gasteiger partial charge on any atom is 0.319 e. The topological polar surface area (TPSA) is 70.6 Å². The predicted molar refractivity (Wildman–Crippen MR) is 59.4 cm³/mol. The van der Waals surface area contributed by atoms with Crippen LogP contribution in [0.15, 0.2) is 29.3 Å². The van der Waals surface area contributed by atoms with Crippen LogP contribution in [0, 0.1) is 0 Å². The van der Waals surface area contributed by atoms with Gasteiger partial charge in [0, 0.05) is 11.7 Å². The second kappa shape index (κ2) is 4.59. The number of hydrogen-bond donors (Lipinski definition) is 2. The molecule has 5 heteroatoms. The minimum absolute atomic E-state index is 0.227. The number of carbonyl (C=O) groups excluding carboxylic acids is 2. The third-order valence-electron chi connectivity index (χ3n) is 2.19. The minimum atomic E-state index is -0.227. The van der Waals surface area contributed by atoms with Crippen molar-refractivity contribution in [3.05, 3.63) is 24.3 Å². The Hall–Kier alpha value is -2.13. The van der Waals surface area contributed by atoms with Gasteiger partial charge < -0.3 is 10.6 Å². The van der Waals surface area contributed by atoms with Crippen LogP contribution >= 0.6 is 0 Å². The molecule has 2 amide bonds. The van der Waals surface area contributed by atoms with Crippen molar-refractivity contribution in [3.8, 4) is 0 Å². The van der Waals surface area contributed by atoms with Crippen molar-refractivity contribution in [2.24, 2.45) is 4.99 Å². The monoisotopic (exact) mass is 217 g/mol. The van der Waals surface area contributed by atoms with E-state index in [9.17, 15) is 9.59 Å². The van der Waals surface area contributed by atoms with Crippen LogP contribution in [0.25, 0.3) is 0 Å². The van der Waals surface area contributed by atoms with Crippen molar-refractivity contribution in [2.45, 2.75) is 18.9 Å². The Bertz CT molecular complexity index is 448. The molecule has 0 heterocycles. The van der Waals surface area contributed by atoms with E-state index >= 15 is 0 Å². The molecular formula is C11H11N3O2. The summed E-state index contributed by atoms with van der Waals surface area (Å²) in [5.74, 6) is 0. The fraction of sp³-hybridized carbons (Fsp3) is 0.273. The van der Waals surface area contributed by atoms with Crippen LogP contribution in [-0.4, -0.2) is 18.2 Å². The van der Waals surface area contributed by atoms with Crippen LogP contribution in [-0.2, 0) is 4.79 Å². The first-order chi connectivity index (χ1) is 7.78. The molecule has 1 aliphatic carbocycles. The second-order valence-electron chi connectivity index (χ2n) is 3.63. The highest BCUT2D eigenvalue weighted by atomic mass is 16.2. The summed E-state index contributed by atoms with van der Waals surface area (Å²) in [6, 6.07) is 6.80. The third-order valence-corrected chi connectivity index (χ3v) is 2.19. The van der Waals surface area contributed by atoms with E-state index in [4.69, 9.17) is 0 Å². The number of urea groups is 1. The Labute approximate surface area is 92.6 Å². The van der Waals surface area contributed by atoms with Crippen molar-refractivity contribution in [2.75, 3.05) is 5.32 Å². The molecule has 1 saturated carbocycles. The van der Waals surface area contributed by atoms with E-state index in [0.29, 0.717) is 17.4 Å². The Morgan fingerprint density at radius 2 is 2.25 bits per heavy atom. The average molecular weight is 217 g/mol. The van der Waals surface area contributed by atoms with Gasteiger partial charge in [-0.1, -0.05) is 6.07 Å². The second-order valence-corrected chi connectivity index (χ2v) is 3.63. The predicted octanol–water partition coefficient (Wildman–Crippen LogP) is 1.94. The number of rotatable bonds is 3. The smallest absolute Gasteiger partial charge is 0.319 e. The number of carbonyl (C=O) groups is 1. The van der Waals surface area contributed by atoms with Gasteiger partial charge in [0.25, 0.3) is 0 Å². The summed E-state index contributed by atoms with van der Waals surface area (Å²) in [4.78, 5) is 24.9. The van der Waals surface area contributed by atoms with E-state index in [-0.39, 0.29) is 6.03 Å². The molecule has 2 N–H and O–H groups in total. The number of nitrogens with one attached hydrogen (secondary N) is 2. The van der Waals surface area contributed by atoms with Gasteiger partial charge in [-0.3, -0.25) is 0 Å². The highest BCUT2D eigenvalue weighted by Crippen LogP contribution is 2.20. The van der Waals surface area contributed by atoms with E-state index in [2.05, 4.69) is 15.6 Å². The van der Waals surface area contributed by atoms with E-state index in [1.165, 1.54) is 6.08 Å². The van der Waals surface area contributed by atoms with Gasteiger partial charge in [0.15, 0.2) is 0 Å². The molecule has 0 spiro atoms. The molecule has 1 fully saturated rings. The molecule has 5 nitrogen and oxygen atoms in total. The van der Waals surface area contributed by atoms with Crippen LogP contribution in [0.3, 0.4) is 0 Å². The SMILES string of the molecule is O=C=Nc1cccc(NC(=O)NC2CC2)c1. The molecule has 0 atom stereocenters.